The zero-order chi connectivity index (χ0) is 18.6. The van der Waals surface area contributed by atoms with Crippen molar-refractivity contribution in [2.45, 2.75) is 38.8 Å². The molecule has 0 spiro atoms. The highest BCUT2D eigenvalue weighted by atomic mass is 16.5. The van der Waals surface area contributed by atoms with Crippen LogP contribution in [0.4, 0.5) is 5.82 Å². The lowest BCUT2D eigenvalue weighted by molar-refractivity contribution is -0.136. The van der Waals surface area contributed by atoms with E-state index in [2.05, 4.69) is 21.8 Å². The molecule has 0 radical (unpaired) electrons. The number of carbonyl (C=O) groups is 1. The molecule has 0 saturated carbocycles. The van der Waals surface area contributed by atoms with Crippen LogP contribution in [0.25, 0.3) is 0 Å². The molecule has 7 nitrogen and oxygen atoms in total. The summed E-state index contributed by atoms with van der Waals surface area (Å²) in [6.07, 6.45) is 8.22. The van der Waals surface area contributed by atoms with Gasteiger partial charge in [-0.05, 0) is 25.0 Å². The summed E-state index contributed by atoms with van der Waals surface area (Å²) in [6.45, 7) is 6.60. The van der Waals surface area contributed by atoms with Crippen LogP contribution in [0, 0.1) is 0 Å². The summed E-state index contributed by atoms with van der Waals surface area (Å²) in [5.74, 6) is 1.20. The van der Waals surface area contributed by atoms with E-state index in [-0.39, 0.29) is 11.9 Å². The molecule has 0 bridgehead atoms. The fraction of sp³-hybridized carbons (Fsp3) is 0.550. The predicted molar refractivity (Wildman–Crippen MR) is 103 cm³/mol. The lowest BCUT2D eigenvalue weighted by atomic mass is 10.0. The molecule has 7 heteroatoms. The number of fused-ring (bicyclic) bond motifs is 1. The van der Waals surface area contributed by atoms with Gasteiger partial charge in [-0.15, -0.1) is 0 Å². The Hall–Kier alpha value is -2.41. The molecule has 0 unspecified atom stereocenters. The van der Waals surface area contributed by atoms with Crippen LogP contribution in [0.15, 0.2) is 30.9 Å². The summed E-state index contributed by atoms with van der Waals surface area (Å²) in [5.41, 5.74) is 2.17. The molecule has 2 aromatic rings. The van der Waals surface area contributed by atoms with Gasteiger partial charge in [0.1, 0.15) is 18.2 Å². The fourth-order valence-corrected chi connectivity index (χ4v) is 4.01. The third-order valence-corrected chi connectivity index (χ3v) is 5.44. The molecule has 1 amide bonds. The Balaban J connectivity index is 1.53. The van der Waals surface area contributed by atoms with Crippen molar-refractivity contribution in [2.24, 2.45) is 0 Å². The van der Waals surface area contributed by atoms with Crippen LogP contribution in [0.1, 0.15) is 37.1 Å². The molecule has 144 valence electrons. The zero-order valence-corrected chi connectivity index (χ0v) is 15.9. The lowest BCUT2D eigenvalue weighted by Crippen LogP contribution is -2.42. The second kappa shape index (κ2) is 8.08. The minimum absolute atomic E-state index is 0.132. The Morgan fingerprint density at radius 3 is 2.70 bits per heavy atom. The number of ether oxygens (including phenoxy) is 1. The van der Waals surface area contributed by atoms with Crippen molar-refractivity contribution in [2.75, 3.05) is 37.7 Å². The van der Waals surface area contributed by atoms with Gasteiger partial charge < -0.3 is 19.1 Å². The highest BCUT2D eigenvalue weighted by molar-refractivity contribution is 5.81. The maximum atomic E-state index is 13.2. The van der Waals surface area contributed by atoms with Crippen molar-refractivity contribution in [3.8, 4) is 0 Å². The van der Waals surface area contributed by atoms with Gasteiger partial charge in [0, 0.05) is 37.6 Å². The van der Waals surface area contributed by atoms with Gasteiger partial charge in [0.05, 0.1) is 25.5 Å². The molecule has 1 saturated heterocycles. The van der Waals surface area contributed by atoms with Gasteiger partial charge in [0.15, 0.2) is 0 Å². The van der Waals surface area contributed by atoms with E-state index < -0.39 is 0 Å². The van der Waals surface area contributed by atoms with Crippen molar-refractivity contribution in [3.05, 3.63) is 42.1 Å². The quantitative estimate of drug-likeness (QED) is 0.807. The topological polar surface area (TPSA) is 63.5 Å². The number of rotatable bonds is 5. The van der Waals surface area contributed by atoms with E-state index in [0.29, 0.717) is 6.54 Å². The van der Waals surface area contributed by atoms with Gasteiger partial charge in [0.2, 0.25) is 5.91 Å². The first kappa shape index (κ1) is 18.0. The average Bonchev–Trinajstić information content (AvgIpc) is 3.26. The molecule has 2 aliphatic rings. The second-order valence-corrected chi connectivity index (χ2v) is 7.17. The van der Waals surface area contributed by atoms with Gasteiger partial charge >= 0.3 is 0 Å². The molecule has 27 heavy (non-hydrogen) atoms. The summed E-state index contributed by atoms with van der Waals surface area (Å²) in [4.78, 5) is 26.5. The van der Waals surface area contributed by atoms with E-state index >= 15 is 0 Å². The van der Waals surface area contributed by atoms with Crippen molar-refractivity contribution in [3.63, 3.8) is 0 Å². The number of amides is 1. The minimum Gasteiger partial charge on any atom is -0.378 e. The molecular formula is C20H27N5O2. The van der Waals surface area contributed by atoms with Gasteiger partial charge in [0.25, 0.3) is 0 Å². The van der Waals surface area contributed by atoms with Crippen LogP contribution in [0.2, 0.25) is 0 Å². The molecule has 0 N–H and O–H groups in total. The van der Waals surface area contributed by atoms with Crippen molar-refractivity contribution in [1.82, 2.24) is 19.4 Å². The van der Waals surface area contributed by atoms with Gasteiger partial charge in [-0.2, -0.15) is 0 Å². The molecule has 0 aliphatic carbocycles. The Morgan fingerprint density at radius 1 is 1.19 bits per heavy atom. The van der Waals surface area contributed by atoms with E-state index in [9.17, 15) is 4.79 Å². The highest BCUT2D eigenvalue weighted by Crippen LogP contribution is 2.28. The van der Waals surface area contributed by atoms with Crippen molar-refractivity contribution < 1.29 is 9.53 Å². The predicted octanol–water partition coefficient (Wildman–Crippen LogP) is 2.04. The van der Waals surface area contributed by atoms with Crippen LogP contribution < -0.4 is 4.90 Å². The van der Waals surface area contributed by atoms with E-state index in [0.717, 1.165) is 63.6 Å². The Kier molecular flexibility index (Phi) is 5.38. The molecule has 2 aromatic heterocycles. The van der Waals surface area contributed by atoms with E-state index in [4.69, 9.17) is 4.74 Å². The summed E-state index contributed by atoms with van der Waals surface area (Å²) in [6, 6.07) is 3.82. The fourth-order valence-electron chi connectivity index (χ4n) is 4.01. The van der Waals surface area contributed by atoms with E-state index in [1.807, 2.05) is 34.0 Å². The third-order valence-electron chi connectivity index (χ3n) is 5.44. The molecule has 4 heterocycles. The maximum Gasteiger partial charge on any atom is 0.245 e. The number of aromatic nitrogens is 3. The average molecular weight is 369 g/mol. The number of carbonyl (C=O) groups excluding carboxylic acids is 1. The summed E-state index contributed by atoms with van der Waals surface area (Å²) in [5, 5.41) is 0. The van der Waals surface area contributed by atoms with Crippen molar-refractivity contribution >= 4 is 11.7 Å². The van der Waals surface area contributed by atoms with Crippen LogP contribution >= 0.6 is 0 Å². The first-order valence-electron chi connectivity index (χ1n) is 9.84. The van der Waals surface area contributed by atoms with E-state index in [1.165, 1.54) is 5.56 Å². The monoisotopic (exact) mass is 369 g/mol. The molecule has 1 atom stereocenters. The first-order chi connectivity index (χ1) is 13.3. The smallest absolute Gasteiger partial charge is 0.245 e. The standard InChI is InChI=1S/C20H27N5O2/c1-2-5-18(23-7-3-4-8-23)20(26)25-9-6-16-17(14-25)21-15-22-19(16)24-10-12-27-13-11-24/h3-4,7-8,15,18H,2,5-6,9-14H2,1H3/t18-/m0/s1. The summed E-state index contributed by atoms with van der Waals surface area (Å²) < 4.78 is 7.49. The molecule has 4 rings (SSSR count). The lowest BCUT2D eigenvalue weighted by Gasteiger charge is -2.35. The normalized spacial score (nSPS) is 18.3. The molecule has 1 fully saturated rings. The number of nitrogens with zero attached hydrogens (tertiary/aromatic N) is 5. The molecule has 0 aromatic carbocycles. The van der Waals surface area contributed by atoms with Crippen LogP contribution in [0.5, 0.6) is 0 Å². The number of hydrogen-bond donors (Lipinski definition) is 0. The second-order valence-electron chi connectivity index (χ2n) is 7.17. The maximum absolute atomic E-state index is 13.2. The van der Waals surface area contributed by atoms with Crippen molar-refractivity contribution in [1.29, 1.82) is 0 Å². The zero-order valence-electron chi connectivity index (χ0n) is 15.9. The van der Waals surface area contributed by atoms with Gasteiger partial charge in [-0.25, -0.2) is 9.97 Å². The number of morpholine rings is 1. The SMILES string of the molecule is CCC[C@@H](C(=O)N1CCc2c(ncnc2N2CCOCC2)C1)n1cccc1. The first-order valence-corrected chi connectivity index (χ1v) is 9.84. The summed E-state index contributed by atoms with van der Waals surface area (Å²) in [7, 11) is 0. The number of hydrogen-bond acceptors (Lipinski definition) is 5. The van der Waals surface area contributed by atoms with Gasteiger partial charge in [-0.1, -0.05) is 13.3 Å². The Morgan fingerprint density at radius 2 is 1.96 bits per heavy atom. The highest BCUT2D eigenvalue weighted by Gasteiger charge is 2.30. The van der Waals surface area contributed by atoms with Crippen LogP contribution in [0.3, 0.4) is 0 Å². The molecule has 2 aliphatic heterocycles. The Bertz CT molecular complexity index is 771. The van der Waals surface area contributed by atoms with Gasteiger partial charge in [-0.3, -0.25) is 4.79 Å². The third kappa shape index (κ3) is 3.69. The largest absolute Gasteiger partial charge is 0.378 e. The molecular weight excluding hydrogens is 342 g/mol. The van der Waals surface area contributed by atoms with Crippen LogP contribution in [-0.4, -0.2) is 58.2 Å². The van der Waals surface area contributed by atoms with Crippen LogP contribution in [-0.2, 0) is 22.5 Å². The number of anilines is 1. The Labute approximate surface area is 160 Å². The summed E-state index contributed by atoms with van der Waals surface area (Å²) >= 11 is 0. The minimum atomic E-state index is -0.132. The van der Waals surface area contributed by atoms with E-state index in [1.54, 1.807) is 6.33 Å².